The molecule has 0 amide bonds. The van der Waals surface area contributed by atoms with E-state index in [4.69, 9.17) is 0 Å². The Balaban J connectivity index is 1.83. The van der Waals surface area contributed by atoms with E-state index in [9.17, 15) is 41.0 Å². The first-order chi connectivity index (χ1) is 19.3. The zero-order chi connectivity index (χ0) is 29.9. The molecule has 0 saturated carbocycles. The fraction of sp³-hybridized carbons (Fsp3) is 0.240. The Labute approximate surface area is 239 Å². The third kappa shape index (κ3) is 6.87. The summed E-state index contributed by atoms with van der Waals surface area (Å²) in [6.45, 7) is -6.75. The fourth-order valence-corrected chi connectivity index (χ4v) is 5.30. The fourth-order valence-electron chi connectivity index (χ4n) is 3.90. The van der Waals surface area contributed by atoms with E-state index in [0.717, 1.165) is 30.6 Å². The van der Waals surface area contributed by atoms with Gasteiger partial charge in [-0.3, -0.25) is 4.98 Å². The lowest BCUT2D eigenvalue weighted by atomic mass is 9.91. The summed E-state index contributed by atoms with van der Waals surface area (Å²) >= 11 is 3.56. The maximum Gasteiger partial charge on any atom is 0.429 e. The lowest BCUT2D eigenvalue weighted by Gasteiger charge is -2.28. The number of aliphatic hydroxyl groups is 1. The molecular formula is C25H17BrF7N3O4S. The van der Waals surface area contributed by atoms with Crippen molar-refractivity contribution >= 4 is 27.3 Å². The number of rotatable bonds is 10. The first-order valence-electron chi connectivity index (χ1n) is 11.4. The molecule has 7 nitrogen and oxygen atoms in total. The Morgan fingerprint density at radius 1 is 0.927 bits per heavy atom. The summed E-state index contributed by atoms with van der Waals surface area (Å²) in [5.41, 5.74) is -3.66. The highest BCUT2D eigenvalue weighted by molar-refractivity contribution is 9.10. The van der Waals surface area contributed by atoms with E-state index in [1.807, 2.05) is 0 Å². The third-order valence-electron chi connectivity index (χ3n) is 5.80. The van der Waals surface area contributed by atoms with Crippen LogP contribution in [0.15, 0.2) is 71.7 Å². The normalized spacial score (nSPS) is 14.2. The van der Waals surface area contributed by atoms with Crippen LogP contribution in [-0.4, -0.2) is 34.5 Å². The Kier molecular flexibility index (Phi) is 9.03. The highest BCUT2D eigenvalue weighted by Gasteiger charge is 2.59. The van der Waals surface area contributed by atoms with Gasteiger partial charge in [0, 0.05) is 39.8 Å². The van der Waals surface area contributed by atoms with Crippen molar-refractivity contribution < 1.29 is 50.0 Å². The van der Waals surface area contributed by atoms with E-state index >= 15 is 0 Å². The van der Waals surface area contributed by atoms with Crippen LogP contribution in [0.1, 0.15) is 32.6 Å². The van der Waals surface area contributed by atoms with E-state index in [1.54, 1.807) is 0 Å². The number of nitrogens with zero attached hydrogens (tertiary/aromatic N) is 3. The molecule has 41 heavy (non-hydrogen) atoms. The van der Waals surface area contributed by atoms with E-state index < -0.39 is 53.1 Å². The van der Waals surface area contributed by atoms with Gasteiger partial charge in [0.15, 0.2) is 23.9 Å². The Morgan fingerprint density at radius 2 is 1.59 bits per heavy atom. The molecule has 0 fully saturated rings. The standard InChI is InChI=1S/C25H17BrF7N3O4S/c26-15-2-4-20(34-11-15)24(37,25(31,32)33)21-35-12-19(41-21)16(9-13-5-7-36(38)8-6-13)14-1-3-17(39-22(27)28)18(10-14)40-23(29)30/h1-8,10-12,16,22-23,37H,9H2. The van der Waals surface area contributed by atoms with Crippen LogP contribution in [-0.2, 0) is 12.0 Å². The molecule has 0 bridgehead atoms. The molecule has 0 aliphatic rings. The van der Waals surface area contributed by atoms with Crippen LogP contribution in [0.4, 0.5) is 30.7 Å². The third-order valence-corrected chi connectivity index (χ3v) is 7.49. The van der Waals surface area contributed by atoms with Gasteiger partial charge in [-0.25, -0.2) is 4.98 Å². The molecule has 0 aliphatic carbocycles. The van der Waals surface area contributed by atoms with Gasteiger partial charge >= 0.3 is 19.4 Å². The summed E-state index contributed by atoms with van der Waals surface area (Å²) in [5.74, 6) is -2.34. The molecule has 3 aromatic heterocycles. The number of hydrogen-bond donors (Lipinski definition) is 1. The summed E-state index contributed by atoms with van der Waals surface area (Å²) in [7, 11) is 0. The second-order valence-corrected chi connectivity index (χ2v) is 10.4. The summed E-state index contributed by atoms with van der Waals surface area (Å²) in [6, 6.07) is 8.33. The molecule has 2 unspecified atom stereocenters. The van der Waals surface area contributed by atoms with Crippen LogP contribution in [0.25, 0.3) is 0 Å². The average Bonchev–Trinajstić information content (AvgIpc) is 3.38. The van der Waals surface area contributed by atoms with Gasteiger partial charge in [-0.1, -0.05) is 6.07 Å². The van der Waals surface area contributed by atoms with Gasteiger partial charge in [0.2, 0.25) is 0 Å². The molecule has 0 aliphatic heterocycles. The van der Waals surface area contributed by atoms with Crippen molar-refractivity contribution in [3.8, 4) is 11.5 Å². The predicted octanol–water partition coefficient (Wildman–Crippen LogP) is 6.31. The average molecular weight is 668 g/mol. The van der Waals surface area contributed by atoms with Crippen molar-refractivity contribution in [2.75, 3.05) is 0 Å². The molecule has 16 heteroatoms. The molecular weight excluding hydrogens is 651 g/mol. The Hall–Kier alpha value is -3.50. The first kappa shape index (κ1) is 30.5. The van der Waals surface area contributed by atoms with E-state index in [2.05, 4.69) is 35.4 Å². The van der Waals surface area contributed by atoms with Crippen LogP contribution >= 0.6 is 27.3 Å². The quantitative estimate of drug-likeness (QED) is 0.121. The van der Waals surface area contributed by atoms with Crippen LogP contribution < -0.4 is 14.2 Å². The molecule has 4 aromatic rings. The number of thiazole rings is 1. The van der Waals surface area contributed by atoms with Gasteiger partial charge < -0.3 is 19.8 Å². The van der Waals surface area contributed by atoms with Crippen molar-refractivity contribution in [1.29, 1.82) is 0 Å². The van der Waals surface area contributed by atoms with Crippen LogP contribution in [0.5, 0.6) is 11.5 Å². The largest absolute Gasteiger partial charge is 0.619 e. The first-order valence-corrected chi connectivity index (χ1v) is 13.0. The predicted molar refractivity (Wildman–Crippen MR) is 134 cm³/mol. The maximum absolute atomic E-state index is 14.3. The van der Waals surface area contributed by atoms with Crippen molar-refractivity contribution in [3.63, 3.8) is 0 Å². The Bertz CT molecular complexity index is 1470. The molecule has 2 atom stereocenters. The van der Waals surface area contributed by atoms with Crippen molar-refractivity contribution in [2.45, 2.75) is 37.3 Å². The zero-order valence-electron chi connectivity index (χ0n) is 20.2. The topological polar surface area (TPSA) is 91.4 Å². The highest BCUT2D eigenvalue weighted by Crippen LogP contribution is 2.47. The van der Waals surface area contributed by atoms with Gasteiger partial charge in [-0.2, -0.15) is 35.5 Å². The van der Waals surface area contributed by atoms with Gasteiger partial charge in [-0.05, 0) is 57.7 Å². The minimum atomic E-state index is -5.24. The van der Waals surface area contributed by atoms with E-state index in [0.29, 0.717) is 26.1 Å². The molecule has 1 aromatic carbocycles. The van der Waals surface area contributed by atoms with Crippen molar-refractivity contribution in [2.24, 2.45) is 0 Å². The van der Waals surface area contributed by atoms with Crippen LogP contribution in [0.3, 0.4) is 0 Å². The van der Waals surface area contributed by atoms with Gasteiger partial charge in [-0.15, -0.1) is 11.3 Å². The highest BCUT2D eigenvalue weighted by atomic mass is 79.9. The molecule has 0 saturated heterocycles. The summed E-state index contributed by atoms with van der Waals surface area (Å²) < 4.78 is 104. The maximum atomic E-state index is 14.3. The minimum Gasteiger partial charge on any atom is -0.619 e. The second kappa shape index (κ2) is 12.2. The lowest BCUT2D eigenvalue weighted by molar-refractivity contribution is -0.605. The minimum absolute atomic E-state index is 0.00657. The van der Waals surface area contributed by atoms with Crippen LogP contribution in [0, 0.1) is 5.21 Å². The lowest BCUT2D eigenvalue weighted by Crippen LogP contribution is -2.44. The number of halogens is 8. The number of pyridine rings is 2. The number of aromatic nitrogens is 3. The summed E-state index contributed by atoms with van der Waals surface area (Å²) in [5, 5.41) is 21.7. The molecule has 0 spiro atoms. The molecule has 1 N–H and O–H groups in total. The number of alkyl halides is 7. The number of ether oxygens (including phenoxy) is 2. The second-order valence-electron chi connectivity index (χ2n) is 8.42. The summed E-state index contributed by atoms with van der Waals surface area (Å²) in [4.78, 5) is 7.70. The smallest absolute Gasteiger partial charge is 0.429 e. The number of hydrogen-bond acceptors (Lipinski definition) is 7. The SMILES string of the molecule is [O-][n+]1ccc(CC(c2ccc(OC(F)F)c(OC(F)F)c2)c2cnc(C(O)(c3ccc(Br)cn3)C(F)(F)F)s2)cc1. The van der Waals surface area contributed by atoms with Gasteiger partial charge in [0.1, 0.15) is 5.01 Å². The monoisotopic (exact) mass is 667 g/mol. The van der Waals surface area contributed by atoms with Crippen molar-refractivity contribution in [1.82, 2.24) is 9.97 Å². The van der Waals surface area contributed by atoms with Gasteiger partial charge in [0.25, 0.3) is 5.60 Å². The van der Waals surface area contributed by atoms with E-state index in [-0.39, 0.29) is 16.9 Å². The van der Waals surface area contributed by atoms with Crippen molar-refractivity contribution in [3.05, 3.63) is 104 Å². The van der Waals surface area contributed by atoms with Gasteiger partial charge in [0.05, 0.1) is 5.69 Å². The Morgan fingerprint density at radius 3 is 2.17 bits per heavy atom. The molecule has 4 rings (SSSR count). The summed E-state index contributed by atoms with van der Waals surface area (Å²) in [6.07, 6.45) is -0.727. The number of benzene rings is 1. The van der Waals surface area contributed by atoms with Crippen LogP contribution in [0.2, 0.25) is 0 Å². The van der Waals surface area contributed by atoms with E-state index in [1.165, 1.54) is 36.7 Å². The molecule has 218 valence electrons. The molecule has 0 radical (unpaired) electrons. The zero-order valence-corrected chi connectivity index (χ0v) is 22.6. The molecule has 3 heterocycles.